The van der Waals surface area contributed by atoms with E-state index >= 15 is 0 Å². The highest BCUT2D eigenvalue weighted by molar-refractivity contribution is 5.85. The van der Waals surface area contributed by atoms with Gasteiger partial charge >= 0.3 is 5.97 Å². The van der Waals surface area contributed by atoms with Crippen LogP contribution in [0.1, 0.15) is 16.3 Å². The molecule has 0 fully saturated rings. The number of hydrogen-bond donors (Lipinski definition) is 1. The first-order valence-electron chi connectivity index (χ1n) is 3.54. The lowest BCUT2D eigenvalue weighted by Gasteiger charge is -2.08. The molecule has 0 radical (unpaired) electrons. The van der Waals surface area contributed by atoms with Gasteiger partial charge in [0.15, 0.2) is 0 Å². The van der Waals surface area contributed by atoms with Crippen LogP contribution < -0.4 is 4.57 Å². The van der Waals surface area contributed by atoms with Crippen molar-refractivity contribution in [2.75, 3.05) is 6.61 Å². The number of carbonyl (C=O) groups is 1. The van der Waals surface area contributed by atoms with E-state index in [1.54, 1.807) is 6.20 Å². The van der Waals surface area contributed by atoms with Crippen LogP contribution in [0.5, 0.6) is 0 Å². The normalized spacial score (nSPS) is 15.9. The lowest BCUT2D eigenvalue weighted by atomic mass is 10.4. The van der Waals surface area contributed by atoms with Gasteiger partial charge in [-0.05, 0) is 0 Å². The van der Waals surface area contributed by atoms with E-state index in [0.717, 1.165) is 12.4 Å². The van der Waals surface area contributed by atoms with E-state index in [-0.39, 0.29) is 5.97 Å². The number of nitrogens with zero attached hydrogens (tertiary/aromatic N) is 1. The molecular weight excluding hydrogens is 144 g/mol. The largest absolute Gasteiger partial charge is 0.455 e. The van der Waals surface area contributed by atoms with Crippen molar-refractivity contribution >= 4 is 5.97 Å². The van der Waals surface area contributed by atoms with Gasteiger partial charge in [-0.1, -0.05) is 0 Å². The molecule has 0 amide bonds. The Morgan fingerprint density at radius 1 is 1.73 bits per heavy atom. The van der Waals surface area contributed by atoms with Gasteiger partial charge in [0.25, 0.3) is 11.5 Å². The zero-order valence-electron chi connectivity index (χ0n) is 6.26. The van der Waals surface area contributed by atoms with Crippen molar-refractivity contribution in [3.05, 3.63) is 17.7 Å². The number of esters is 1. The lowest BCUT2D eigenvalue weighted by molar-refractivity contribution is -0.709. The molecule has 0 saturated carbocycles. The molecule has 0 aromatic carbocycles. The van der Waals surface area contributed by atoms with Crippen molar-refractivity contribution in [1.29, 1.82) is 0 Å². The first-order valence-corrected chi connectivity index (χ1v) is 3.54. The number of ether oxygens (including phenoxy) is 1. The maximum absolute atomic E-state index is 11.0. The molecule has 0 bridgehead atoms. The third kappa shape index (κ3) is 0.824. The van der Waals surface area contributed by atoms with Crippen LogP contribution in [-0.2, 0) is 11.3 Å². The van der Waals surface area contributed by atoms with Crippen LogP contribution >= 0.6 is 0 Å². The molecule has 1 aromatic heterocycles. The second-order valence-electron chi connectivity index (χ2n) is 2.55. The fraction of sp³-hybridized carbons (Fsp3) is 0.429. The van der Waals surface area contributed by atoms with E-state index in [2.05, 4.69) is 4.98 Å². The summed E-state index contributed by atoms with van der Waals surface area (Å²) in [7, 11) is 0. The zero-order valence-corrected chi connectivity index (χ0v) is 6.26. The predicted octanol–water partition coefficient (Wildman–Crippen LogP) is -0.219. The van der Waals surface area contributed by atoms with Crippen LogP contribution in [-0.4, -0.2) is 17.6 Å². The first-order chi connectivity index (χ1) is 5.29. The maximum Gasteiger partial charge on any atom is 0.382 e. The van der Waals surface area contributed by atoms with E-state index in [1.165, 1.54) is 0 Å². The van der Waals surface area contributed by atoms with Gasteiger partial charge < -0.3 is 4.74 Å². The Morgan fingerprint density at radius 2 is 2.55 bits per heavy atom. The Kier molecular flexibility index (Phi) is 1.21. The van der Waals surface area contributed by atoms with Crippen molar-refractivity contribution in [1.82, 2.24) is 4.98 Å². The lowest BCUT2D eigenvalue weighted by Crippen LogP contribution is -2.47. The summed E-state index contributed by atoms with van der Waals surface area (Å²) < 4.78 is 6.76. The van der Waals surface area contributed by atoms with Gasteiger partial charge in [0.05, 0.1) is 0 Å². The fourth-order valence-corrected chi connectivity index (χ4v) is 1.27. The van der Waals surface area contributed by atoms with Crippen LogP contribution in [0, 0.1) is 6.92 Å². The minimum atomic E-state index is -0.236. The monoisotopic (exact) mass is 153 g/mol. The Bertz CT molecular complexity index is 303. The molecular formula is C7H9N2O2+. The fourth-order valence-electron chi connectivity index (χ4n) is 1.27. The van der Waals surface area contributed by atoms with Gasteiger partial charge in [-0.2, -0.15) is 0 Å². The van der Waals surface area contributed by atoms with Crippen LogP contribution in [0.15, 0.2) is 6.20 Å². The van der Waals surface area contributed by atoms with E-state index in [0.29, 0.717) is 12.3 Å². The summed E-state index contributed by atoms with van der Waals surface area (Å²) >= 11 is 0. The number of H-pyrrole nitrogens is 1. The van der Waals surface area contributed by atoms with Crippen LogP contribution in [0.4, 0.5) is 0 Å². The van der Waals surface area contributed by atoms with Crippen LogP contribution in [0.25, 0.3) is 0 Å². The maximum atomic E-state index is 11.0. The number of carbonyl (C=O) groups excluding carboxylic acids is 1. The van der Waals surface area contributed by atoms with Gasteiger partial charge in [0.1, 0.15) is 19.3 Å². The van der Waals surface area contributed by atoms with E-state index in [9.17, 15) is 4.79 Å². The van der Waals surface area contributed by atoms with E-state index < -0.39 is 0 Å². The van der Waals surface area contributed by atoms with Crippen molar-refractivity contribution in [2.45, 2.75) is 13.5 Å². The van der Waals surface area contributed by atoms with E-state index in [1.807, 2.05) is 11.5 Å². The molecule has 0 unspecified atom stereocenters. The molecule has 4 nitrogen and oxygen atoms in total. The summed E-state index contributed by atoms with van der Waals surface area (Å²) in [6.07, 6.45) is 1.68. The highest BCUT2D eigenvalue weighted by atomic mass is 16.5. The number of aromatic amines is 1. The molecule has 1 aliphatic heterocycles. The highest BCUT2D eigenvalue weighted by Gasteiger charge is 2.26. The van der Waals surface area contributed by atoms with Gasteiger partial charge in [0, 0.05) is 6.92 Å². The van der Waals surface area contributed by atoms with Crippen molar-refractivity contribution in [2.24, 2.45) is 0 Å². The smallest absolute Gasteiger partial charge is 0.382 e. The van der Waals surface area contributed by atoms with Crippen molar-refractivity contribution < 1.29 is 14.1 Å². The summed E-state index contributed by atoms with van der Waals surface area (Å²) in [6, 6.07) is 0. The predicted molar refractivity (Wildman–Crippen MR) is 36.0 cm³/mol. The van der Waals surface area contributed by atoms with Gasteiger partial charge in [-0.15, -0.1) is 0 Å². The van der Waals surface area contributed by atoms with Crippen LogP contribution in [0.2, 0.25) is 0 Å². The molecule has 0 atom stereocenters. The molecule has 0 aliphatic carbocycles. The number of aromatic nitrogens is 2. The molecule has 1 aromatic rings. The molecule has 2 heterocycles. The summed E-state index contributed by atoms with van der Waals surface area (Å²) in [4.78, 5) is 14.0. The Hall–Kier alpha value is -1.32. The number of hydrogen-bond acceptors (Lipinski definition) is 2. The molecule has 4 heteroatoms. The second kappa shape index (κ2) is 2.08. The third-order valence-corrected chi connectivity index (χ3v) is 1.87. The van der Waals surface area contributed by atoms with Crippen molar-refractivity contribution in [3.63, 3.8) is 0 Å². The molecule has 58 valence electrons. The number of cyclic esters (lactones) is 1. The molecule has 0 saturated heterocycles. The summed E-state index contributed by atoms with van der Waals surface area (Å²) in [5.41, 5.74) is 0.619. The summed E-state index contributed by atoms with van der Waals surface area (Å²) in [6.45, 7) is 3.17. The van der Waals surface area contributed by atoms with Gasteiger partial charge in [-0.25, -0.2) is 14.3 Å². The molecule has 2 rings (SSSR count). The van der Waals surface area contributed by atoms with Crippen molar-refractivity contribution in [3.8, 4) is 0 Å². The zero-order chi connectivity index (χ0) is 7.84. The molecule has 1 aliphatic rings. The summed E-state index contributed by atoms with van der Waals surface area (Å²) in [5.74, 6) is 0.761. The molecule has 11 heavy (non-hydrogen) atoms. The second-order valence-corrected chi connectivity index (χ2v) is 2.55. The van der Waals surface area contributed by atoms with Crippen LogP contribution in [0.3, 0.4) is 0 Å². The third-order valence-electron chi connectivity index (χ3n) is 1.87. The number of fused-ring (bicyclic) bond motifs is 1. The minimum absolute atomic E-state index is 0.236. The van der Waals surface area contributed by atoms with E-state index in [4.69, 9.17) is 4.74 Å². The Balaban J connectivity index is 2.55. The molecule has 1 N–H and O–H groups in total. The van der Waals surface area contributed by atoms with Gasteiger partial charge in [0.2, 0.25) is 0 Å². The Labute approximate surface area is 63.8 Å². The highest BCUT2D eigenvalue weighted by Crippen LogP contribution is 2.01. The topological polar surface area (TPSA) is 46.0 Å². The van der Waals surface area contributed by atoms with Gasteiger partial charge in [-0.3, -0.25) is 0 Å². The Morgan fingerprint density at radius 3 is 3.27 bits per heavy atom. The first kappa shape index (κ1) is 6.39. The number of nitrogens with one attached hydrogen (secondary N) is 1. The molecule has 0 spiro atoms. The average Bonchev–Trinajstić information content (AvgIpc) is 2.35. The quantitative estimate of drug-likeness (QED) is 0.413. The number of aryl methyl sites for hydroxylation is 1. The number of imidazole rings is 1. The summed E-state index contributed by atoms with van der Waals surface area (Å²) in [5, 5.41) is 0. The number of rotatable bonds is 0. The minimum Gasteiger partial charge on any atom is -0.455 e. The SMILES string of the molecule is Cc1[nH]cc2[n+]1CCOC2=O. The average molecular weight is 153 g/mol. The standard InChI is InChI=1S/C7H8N2O2/c1-5-8-4-6-7(10)11-3-2-9(5)6/h4H,2-3H2,1H3/p+1.